The number of aryl methyl sites for hydroxylation is 1. The third-order valence-corrected chi connectivity index (χ3v) is 5.92. The summed E-state index contributed by atoms with van der Waals surface area (Å²) >= 11 is 11.2. The number of nitro benzene ring substituents is 1. The summed E-state index contributed by atoms with van der Waals surface area (Å²) in [6.07, 6.45) is -4.21. The lowest BCUT2D eigenvalue weighted by molar-refractivity contribution is -0.385. The van der Waals surface area contributed by atoms with Gasteiger partial charge in [-0.05, 0) is 43.4 Å². The molecule has 2 aromatic carbocycles. The van der Waals surface area contributed by atoms with E-state index in [1.807, 2.05) is 0 Å². The molecule has 2 rings (SSSR count). The molecule has 12 heteroatoms. The third kappa shape index (κ3) is 6.07. The zero-order valence-corrected chi connectivity index (χ0v) is 18.6. The number of nitro groups is 1. The molecule has 0 saturated carbocycles. The smallest absolute Gasteiger partial charge is 0.416 e. The molecule has 164 valence electrons. The molecule has 1 unspecified atom stereocenters. The molecule has 0 aromatic heterocycles. The number of hydrogen-bond acceptors (Lipinski definition) is 6. The van der Waals surface area contributed by atoms with Crippen LogP contribution >= 0.6 is 18.1 Å². The summed E-state index contributed by atoms with van der Waals surface area (Å²) in [4.78, 5) is 10.9. The second-order valence-electron chi connectivity index (χ2n) is 6.06. The predicted molar refractivity (Wildman–Crippen MR) is 111 cm³/mol. The van der Waals surface area contributed by atoms with Crippen molar-refractivity contribution in [2.24, 2.45) is 0 Å². The van der Waals surface area contributed by atoms with Crippen molar-refractivity contribution < 1.29 is 31.9 Å². The molecule has 0 N–H and O–H groups in total. The number of ether oxygens (including phenoxy) is 1. The van der Waals surface area contributed by atoms with Crippen LogP contribution in [-0.2, 0) is 28.9 Å². The number of rotatable bonds is 8. The van der Waals surface area contributed by atoms with Gasteiger partial charge in [0.15, 0.2) is 0 Å². The van der Waals surface area contributed by atoms with Gasteiger partial charge in [-0.1, -0.05) is 18.5 Å². The quantitative estimate of drug-likeness (QED) is 0.229. The Morgan fingerprint density at radius 2 is 1.83 bits per heavy atom. The summed E-state index contributed by atoms with van der Waals surface area (Å²) in [6.45, 7) is 2.42. The summed E-state index contributed by atoms with van der Waals surface area (Å²) in [7, 11) is 0. The Hall–Kier alpha value is -1.87. The van der Waals surface area contributed by atoms with E-state index in [4.69, 9.17) is 37.2 Å². The van der Waals surface area contributed by atoms with Crippen molar-refractivity contribution in [1.82, 2.24) is 0 Å². The third-order valence-electron chi connectivity index (χ3n) is 3.83. The molecule has 6 nitrogen and oxygen atoms in total. The first-order chi connectivity index (χ1) is 13.9. The second-order valence-corrected chi connectivity index (χ2v) is 10.4. The van der Waals surface area contributed by atoms with Gasteiger partial charge in [0.2, 0.25) is 12.2 Å². The molecular formula is C18H18ClF3NO5PS. The van der Waals surface area contributed by atoms with Gasteiger partial charge in [-0.15, -0.1) is 0 Å². The SMILES string of the molecule is CCOP(C)(=S)Oc1cc(Oc2ccc(C(F)(F)F)cc2Cl)c(CC)cc1[N+](=O)[O-]. The first-order valence-corrected chi connectivity index (χ1v) is 12.1. The van der Waals surface area contributed by atoms with E-state index in [0.717, 1.165) is 18.2 Å². The molecule has 0 bridgehead atoms. The van der Waals surface area contributed by atoms with E-state index in [1.54, 1.807) is 13.8 Å². The van der Waals surface area contributed by atoms with E-state index < -0.39 is 23.2 Å². The van der Waals surface area contributed by atoms with E-state index in [-0.39, 0.29) is 34.6 Å². The summed E-state index contributed by atoms with van der Waals surface area (Å²) in [6, 6.07) is 5.19. The largest absolute Gasteiger partial charge is 0.455 e. The highest BCUT2D eigenvalue weighted by molar-refractivity contribution is 8.09. The van der Waals surface area contributed by atoms with Crippen molar-refractivity contribution in [1.29, 1.82) is 0 Å². The molecule has 0 amide bonds. The molecule has 0 spiro atoms. The molecule has 0 aliphatic carbocycles. The van der Waals surface area contributed by atoms with Gasteiger partial charge in [0, 0.05) is 24.4 Å². The van der Waals surface area contributed by atoms with Gasteiger partial charge in [0.05, 0.1) is 22.1 Å². The van der Waals surface area contributed by atoms with Gasteiger partial charge < -0.3 is 13.8 Å². The van der Waals surface area contributed by atoms with Crippen molar-refractivity contribution in [2.75, 3.05) is 13.3 Å². The molecule has 0 aliphatic heterocycles. The fourth-order valence-electron chi connectivity index (χ4n) is 2.50. The topological polar surface area (TPSA) is 70.8 Å². The Bertz CT molecular complexity index is 1000. The lowest BCUT2D eigenvalue weighted by atomic mass is 10.1. The summed E-state index contributed by atoms with van der Waals surface area (Å²) in [5.74, 6) is -0.0549. The van der Waals surface area contributed by atoms with Crippen molar-refractivity contribution in [3.63, 3.8) is 0 Å². The summed E-state index contributed by atoms with van der Waals surface area (Å²) < 4.78 is 55.2. The maximum atomic E-state index is 12.8. The fraction of sp³-hybridized carbons (Fsp3) is 0.333. The van der Waals surface area contributed by atoms with E-state index >= 15 is 0 Å². The molecule has 0 saturated heterocycles. The minimum absolute atomic E-state index is 0.0418. The standard InChI is InChI=1S/C18H18ClF3NO5PS/c1-4-11-8-14(23(24)25)17(28-29(3,30)26-5-2)10-16(11)27-15-7-6-12(9-13(15)19)18(20,21)22/h6-10H,4-5H2,1-3H3. The van der Waals surface area contributed by atoms with E-state index in [9.17, 15) is 23.3 Å². The van der Waals surface area contributed by atoms with Gasteiger partial charge in [0.25, 0.3) is 0 Å². The fourth-order valence-corrected chi connectivity index (χ4v) is 4.30. The number of hydrogen-bond donors (Lipinski definition) is 0. The highest BCUT2D eigenvalue weighted by atomic mass is 35.5. The lowest BCUT2D eigenvalue weighted by Gasteiger charge is -2.19. The van der Waals surface area contributed by atoms with E-state index in [2.05, 4.69) is 0 Å². The Morgan fingerprint density at radius 3 is 2.33 bits per heavy atom. The van der Waals surface area contributed by atoms with Crippen LogP contribution in [0.25, 0.3) is 0 Å². The normalized spacial score (nSPS) is 13.6. The van der Waals surface area contributed by atoms with Gasteiger partial charge in [-0.25, -0.2) is 0 Å². The number of nitrogens with zero attached hydrogens (tertiary/aromatic N) is 1. The first kappa shape index (κ1) is 24.4. The van der Waals surface area contributed by atoms with E-state index in [0.29, 0.717) is 12.0 Å². The summed E-state index contributed by atoms with van der Waals surface area (Å²) in [5, 5.41) is 11.2. The molecular weight excluding hydrogens is 466 g/mol. The minimum atomic E-state index is -4.55. The average Bonchev–Trinajstić information content (AvgIpc) is 2.62. The van der Waals surface area contributed by atoms with Crippen LogP contribution in [0.15, 0.2) is 30.3 Å². The number of alkyl halides is 3. The number of halogens is 4. The second kappa shape index (κ2) is 9.51. The van der Waals surface area contributed by atoms with Crippen molar-refractivity contribution >= 4 is 35.6 Å². The Morgan fingerprint density at radius 1 is 1.17 bits per heavy atom. The predicted octanol–water partition coefficient (Wildman–Crippen LogP) is 6.98. The van der Waals surface area contributed by atoms with Crippen LogP contribution in [-0.4, -0.2) is 18.2 Å². The monoisotopic (exact) mass is 483 g/mol. The Balaban J connectivity index is 2.50. The molecule has 30 heavy (non-hydrogen) atoms. The zero-order valence-electron chi connectivity index (χ0n) is 16.2. The zero-order chi connectivity index (χ0) is 22.7. The van der Waals surface area contributed by atoms with Crippen molar-refractivity contribution in [2.45, 2.75) is 26.4 Å². The first-order valence-electron chi connectivity index (χ1n) is 8.65. The van der Waals surface area contributed by atoms with Gasteiger partial charge in [-0.2, -0.15) is 13.2 Å². The van der Waals surface area contributed by atoms with Gasteiger partial charge in [0.1, 0.15) is 11.5 Å². The summed E-state index contributed by atoms with van der Waals surface area (Å²) in [5.41, 5.74) is -0.814. The lowest BCUT2D eigenvalue weighted by Crippen LogP contribution is -2.05. The van der Waals surface area contributed by atoms with Crippen LogP contribution in [0.5, 0.6) is 17.2 Å². The van der Waals surface area contributed by atoms with Crippen LogP contribution < -0.4 is 9.26 Å². The highest BCUT2D eigenvalue weighted by Gasteiger charge is 2.31. The minimum Gasteiger partial charge on any atom is -0.455 e. The van der Waals surface area contributed by atoms with Crippen LogP contribution in [0.3, 0.4) is 0 Å². The molecule has 0 heterocycles. The average molecular weight is 484 g/mol. The molecule has 1 atom stereocenters. The van der Waals surface area contributed by atoms with Crippen molar-refractivity contribution in [3.8, 4) is 17.2 Å². The molecule has 2 aromatic rings. The van der Waals surface area contributed by atoms with Crippen LogP contribution in [0, 0.1) is 10.1 Å². The van der Waals surface area contributed by atoms with Crippen LogP contribution in [0.1, 0.15) is 25.0 Å². The van der Waals surface area contributed by atoms with Crippen molar-refractivity contribution in [3.05, 3.63) is 56.6 Å². The van der Waals surface area contributed by atoms with Crippen LogP contribution in [0.4, 0.5) is 18.9 Å². The number of benzene rings is 2. The Kier molecular flexibility index (Phi) is 7.74. The van der Waals surface area contributed by atoms with Crippen LogP contribution in [0.2, 0.25) is 5.02 Å². The molecule has 0 aliphatic rings. The van der Waals surface area contributed by atoms with E-state index in [1.165, 1.54) is 18.8 Å². The van der Waals surface area contributed by atoms with Gasteiger partial charge >= 0.3 is 11.9 Å². The van der Waals surface area contributed by atoms with Gasteiger partial charge in [-0.3, -0.25) is 10.1 Å². The maximum absolute atomic E-state index is 12.8. The molecule has 0 fully saturated rings. The highest BCUT2D eigenvalue weighted by Crippen LogP contribution is 2.49. The molecule has 0 radical (unpaired) electrons. The Labute approximate surface area is 181 Å². The maximum Gasteiger partial charge on any atom is 0.416 e.